The molecule has 3 aliphatic rings. The third-order valence-electron chi connectivity index (χ3n) is 8.13. The number of rotatable bonds is 3. The van der Waals surface area contributed by atoms with Crippen LogP contribution in [-0.4, -0.2) is 56.8 Å². The van der Waals surface area contributed by atoms with Gasteiger partial charge in [-0.3, -0.25) is 9.59 Å². The van der Waals surface area contributed by atoms with Crippen LogP contribution in [0.25, 0.3) is 0 Å². The second-order valence-electron chi connectivity index (χ2n) is 10.6. The molecule has 3 fully saturated rings. The van der Waals surface area contributed by atoms with Crippen molar-refractivity contribution < 1.29 is 34.4 Å². The maximum absolute atomic E-state index is 13.9. The molecule has 7 atom stereocenters. The molecular formula is C23H34O7. The first-order chi connectivity index (χ1) is 13.6. The summed E-state index contributed by atoms with van der Waals surface area (Å²) in [5.74, 6) is -3.48. The average molecular weight is 423 g/mol. The Morgan fingerprint density at radius 1 is 1.07 bits per heavy atom. The van der Waals surface area contributed by atoms with Crippen LogP contribution in [0.1, 0.15) is 66.7 Å². The van der Waals surface area contributed by atoms with Gasteiger partial charge in [0.2, 0.25) is 5.60 Å². The van der Waals surface area contributed by atoms with Crippen LogP contribution < -0.4 is 0 Å². The molecule has 7 heteroatoms. The van der Waals surface area contributed by atoms with Gasteiger partial charge >= 0.3 is 5.97 Å². The minimum absolute atomic E-state index is 0.0423. The van der Waals surface area contributed by atoms with Gasteiger partial charge in [-0.2, -0.15) is 0 Å². The zero-order valence-corrected chi connectivity index (χ0v) is 18.7. The van der Waals surface area contributed by atoms with Gasteiger partial charge in [0.1, 0.15) is 0 Å². The molecular weight excluding hydrogens is 388 g/mol. The van der Waals surface area contributed by atoms with E-state index < -0.39 is 51.1 Å². The Morgan fingerprint density at radius 2 is 1.67 bits per heavy atom. The van der Waals surface area contributed by atoms with Crippen molar-refractivity contribution >= 4 is 17.5 Å². The van der Waals surface area contributed by atoms with Gasteiger partial charge in [0, 0.05) is 0 Å². The molecule has 0 saturated heterocycles. The Labute approximate surface area is 177 Å². The van der Waals surface area contributed by atoms with Crippen LogP contribution in [0.2, 0.25) is 0 Å². The fraction of sp³-hybridized carbons (Fsp3) is 0.783. The molecule has 3 aliphatic carbocycles. The summed E-state index contributed by atoms with van der Waals surface area (Å²) in [5, 5.41) is 33.9. The molecule has 0 heterocycles. The summed E-state index contributed by atoms with van der Waals surface area (Å²) >= 11 is 0. The van der Waals surface area contributed by atoms with E-state index in [0.717, 1.165) is 12.7 Å². The molecule has 7 unspecified atom stereocenters. The molecule has 7 nitrogen and oxygen atoms in total. The molecule has 30 heavy (non-hydrogen) atoms. The molecule has 0 aliphatic heterocycles. The number of aliphatic hydroxyl groups is 3. The van der Waals surface area contributed by atoms with E-state index in [1.165, 1.54) is 6.92 Å². The van der Waals surface area contributed by atoms with Gasteiger partial charge < -0.3 is 20.1 Å². The number of carbonyl (C=O) groups excluding carboxylic acids is 3. The van der Waals surface area contributed by atoms with E-state index in [-0.39, 0.29) is 25.2 Å². The first-order valence-electron chi connectivity index (χ1n) is 10.6. The van der Waals surface area contributed by atoms with E-state index >= 15 is 0 Å². The number of methoxy groups -OCH3 is 1. The van der Waals surface area contributed by atoms with Crippen LogP contribution >= 0.6 is 0 Å². The minimum atomic E-state index is -2.71. The van der Waals surface area contributed by atoms with E-state index in [1.54, 1.807) is 19.9 Å². The van der Waals surface area contributed by atoms with Crippen molar-refractivity contribution in [3.05, 3.63) is 11.6 Å². The third kappa shape index (κ3) is 2.78. The maximum atomic E-state index is 13.9. The molecule has 168 valence electrons. The molecule has 0 bridgehead atoms. The van der Waals surface area contributed by atoms with E-state index in [9.17, 15) is 29.7 Å². The standard InChI is InChI=1S/C23H34O7/c1-13(2)7-9-19(3)16(24)22(23(29,17(19)25)18(26)30-6)11-15-14(21(5,28)12-22)8-10-20(15,4)27/h7,14-15,27-29H,8-12H2,1-6H3. The van der Waals surface area contributed by atoms with Gasteiger partial charge in [0.05, 0.1) is 29.1 Å². The lowest BCUT2D eigenvalue weighted by Gasteiger charge is -2.53. The summed E-state index contributed by atoms with van der Waals surface area (Å²) in [7, 11) is 1.06. The van der Waals surface area contributed by atoms with E-state index in [4.69, 9.17) is 4.74 Å². The zero-order chi connectivity index (χ0) is 22.9. The van der Waals surface area contributed by atoms with Gasteiger partial charge in [0.15, 0.2) is 11.6 Å². The van der Waals surface area contributed by atoms with Crippen LogP contribution in [0.15, 0.2) is 11.6 Å². The van der Waals surface area contributed by atoms with Crippen LogP contribution in [0.3, 0.4) is 0 Å². The number of ketones is 2. The molecule has 0 aromatic rings. The summed E-state index contributed by atoms with van der Waals surface area (Å²) in [5.41, 5.74) is -7.93. The number of hydrogen-bond acceptors (Lipinski definition) is 7. The SMILES string of the molecule is COC(=O)C1(O)C(=O)C(C)(CC=C(C)C)C(=O)C12CC1C(CCC1(C)O)C(C)(O)C2. The predicted octanol–water partition coefficient (Wildman–Crippen LogP) is 1.71. The first-order valence-corrected chi connectivity index (χ1v) is 10.6. The number of allylic oxidation sites excluding steroid dienone is 2. The van der Waals surface area contributed by atoms with Crippen molar-refractivity contribution in [2.75, 3.05) is 7.11 Å². The van der Waals surface area contributed by atoms with Crippen molar-refractivity contribution in [1.29, 1.82) is 0 Å². The van der Waals surface area contributed by atoms with Crippen molar-refractivity contribution in [2.24, 2.45) is 22.7 Å². The quantitative estimate of drug-likeness (QED) is 0.360. The average Bonchev–Trinajstić information content (AvgIpc) is 3.02. The fourth-order valence-electron chi connectivity index (χ4n) is 6.45. The summed E-state index contributed by atoms with van der Waals surface area (Å²) in [6.45, 7) is 8.33. The third-order valence-corrected chi connectivity index (χ3v) is 8.13. The summed E-state index contributed by atoms with van der Waals surface area (Å²) in [4.78, 5) is 40.4. The number of hydrogen-bond donors (Lipinski definition) is 3. The normalized spacial score (nSPS) is 48.0. The van der Waals surface area contributed by atoms with Crippen molar-refractivity contribution in [3.63, 3.8) is 0 Å². The van der Waals surface area contributed by atoms with E-state index in [2.05, 4.69) is 0 Å². The number of Topliss-reactive ketones (excluding diaryl/α,β-unsaturated/α-hetero) is 2. The number of fused-ring (bicyclic) bond motifs is 1. The van der Waals surface area contributed by atoms with Crippen molar-refractivity contribution in [1.82, 2.24) is 0 Å². The minimum Gasteiger partial charge on any atom is -0.467 e. The first kappa shape index (κ1) is 23.1. The summed E-state index contributed by atoms with van der Waals surface area (Å²) in [6.07, 6.45) is 2.49. The second-order valence-corrected chi connectivity index (χ2v) is 10.6. The highest BCUT2D eigenvalue weighted by Gasteiger charge is 2.80. The lowest BCUT2D eigenvalue weighted by molar-refractivity contribution is -0.203. The largest absolute Gasteiger partial charge is 0.467 e. The van der Waals surface area contributed by atoms with Gasteiger partial charge in [-0.05, 0) is 78.6 Å². The van der Waals surface area contributed by atoms with Crippen LogP contribution in [0.4, 0.5) is 0 Å². The van der Waals surface area contributed by atoms with Crippen LogP contribution in [0, 0.1) is 22.7 Å². The molecule has 3 N–H and O–H groups in total. The van der Waals surface area contributed by atoms with Gasteiger partial charge in [-0.15, -0.1) is 0 Å². The maximum Gasteiger partial charge on any atom is 0.346 e. The predicted molar refractivity (Wildman–Crippen MR) is 108 cm³/mol. The Kier molecular flexibility index (Phi) is 5.17. The van der Waals surface area contributed by atoms with E-state index in [0.29, 0.717) is 12.8 Å². The fourth-order valence-corrected chi connectivity index (χ4v) is 6.45. The highest BCUT2D eigenvalue weighted by atomic mass is 16.5. The molecule has 3 rings (SSSR count). The lowest BCUT2D eigenvalue weighted by atomic mass is 9.53. The molecule has 0 aromatic carbocycles. The summed E-state index contributed by atoms with van der Waals surface area (Å²) in [6, 6.07) is 0. The summed E-state index contributed by atoms with van der Waals surface area (Å²) < 4.78 is 4.81. The highest BCUT2D eigenvalue weighted by molar-refractivity contribution is 6.28. The zero-order valence-electron chi connectivity index (χ0n) is 18.7. The Hall–Kier alpha value is -1.57. The Balaban J connectivity index is 2.24. The van der Waals surface area contributed by atoms with Gasteiger partial charge in [0.25, 0.3) is 0 Å². The molecule has 1 spiro atoms. The monoisotopic (exact) mass is 422 g/mol. The van der Waals surface area contributed by atoms with Gasteiger partial charge in [-0.25, -0.2) is 4.79 Å². The van der Waals surface area contributed by atoms with Crippen molar-refractivity contribution in [3.8, 4) is 0 Å². The highest BCUT2D eigenvalue weighted by Crippen LogP contribution is 2.66. The van der Waals surface area contributed by atoms with Gasteiger partial charge in [-0.1, -0.05) is 11.6 Å². The molecule has 3 saturated carbocycles. The topological polar surface area (TPSA) is 121 Å². The molecule has 0 amide bonds. The number of esters is 1. The number of carbonyl (C=O) groups is 3. The smallest absolute Gasteiger partial charge is 0.346 e. The van der Waals surface area contributed by atoms with E-state index in [1.807, 2.05) is 13.8 Å². The lowest BCUT2D eigenvalue weighted by Crippen LogP contribution is -2.65. The second kappa shape index (κ2) is 6.71. The van der Waals surface area contributed by atoms with Crippen molar-refractivity contribution in [2.45, 2.75) is 83.5 Å². The number of ether oxygens (including phenoxy) is 1. The molecule has 0 aromatic heterocycles. The van der Waals surface area contributed by atoms with Crippen LogP contribution in [-0.2, 0) is 19.1 Å². The Bertz CT molecular complexity index is 821. The Morgan fingerprint density at radius 3 is 2.20 bits per heavy atom. The molecule has 0 radical (unpaired) electrons. The van der Waals surface area contributed by atoms with Crippen LogP contribution in [0.5, 0.6) is 0 Å².